The van der Waals surface area contributed by atoms with Gasteiger partial charge in [-0.2, -0.15) is 0 Å². The number of phenolic OH excluding ortho intramolecular Hbond substituents is 1. The number of rotatable bonds is 0. The van der Waals surface area contributed by atoms with E-state index in [-0.39, 0.29) is 5.75 Å². The van der Waals surface area contributed by atoms with Gasteiger partial charge in [-0.3, -0.25) is 0 Å². The average molecular weight is 264 g/mol. The van der Waals surface area contributed by atoms with E-state index in [4.69, 9.17) is 11.6 Å². The highest BCUT2D eigenvalue weighted by Crippen LogP contribution is 2.35. The fourth-order valence-electron chi connectivity index (χ4n) is 1.02. The number of fused-ring (bicyclic) bond motifs is 1. The minimum atomic E-state index is 0.138. The fourth-order valence-corrected chi connectivity index (χ4v) is 2.76. The van der Waals surface area contributed by atoms with E-state index < -0.39 is 0 Å². The summed E-state index contributed by atoms with van der Waals surface area (Å²) in [7, 11) is 0. The van der Waals surface area contributed by atoms with Gasteiger partial charge in [0.1, 0.15) is 5.75 Å². The van der Waals surface area contributed by atoms with E-state index in [1.54, 1.807) is 23.5 Å². The Morgan fingerprint density at radius 2 is 2.08 bits per heavy atom. The van der Waals surface area contributed by atoms with Gasteiger partial charge in [0, 0.05) is 4.70 Å². The van der Waals surface area contributed by atoms with Crippen LogP contribution in [0.25, 0.3) is 10.1 Å². The van der Waals surface area contributed by atoms with Gasteiger partial charge in [-0.1, -0.05) is 11.6 Å². The van der Waals surface area contributed by atoms with E-state index >= 15 is 0 Å². The summed E-state index contributed by atoms with van der Waals surface area (Å²) in [5, 5.41) is 10.7. The van der Waals surface area contributed by atoms with Crippen molar-refractivity contribution in [3.05, 3.63) is 27.0 Å². The zero-order valence-corrected chi connectivity index (χ0v) is 9.00. The summed E-state index contributed by atoms with van der Waals surface area (Å²) in [6.07, 6.45) is 0. The van der Waals surface area contributed by atoms with Crippen LogP contribution in [0.3, 0.4) is 0 Å². The van der Waals surface area contributed by atoms with Crippen molar-refractivity contribution in [1.82, 2.24) is 0 Å². The average Bonchev–Trinajstić information content (AvgIpc) is 2.30. The molecule has 1 aromatic heterocycles. The van der Waals surface area contributed by atoms with Gasteiger partial charge < -0.3 is 5.11 Å². The Hall–Kier alpha value is -0.250. The number of halogens is 2. The molecule has 2 aromatic rings. The van der Waals surface area contributed by atoms with Crippen molar-refractivity contribution in [3.63, 3.8) is 0 Å². The molecular weight excluding hydrogens is 260 g/mol. The molecule has 0 atom stereocenters. The van der Waals surface area contributed by atoms with Crippen molar-refractivity contribution in [2.24, 2.45) is 0 Å². The SMILES string of the molecule is Oc1cc2sc(Br)cc2cc1Cl. The van der Waals surface area contributed by atoms with Gasteiger partial charge >= 0.3 is 0 Å². The molecule has 0 aliphatic heterocycles. The predicted molar refractivity (Wildman–Crippen MR) is 56.2 cm³/mol. The van der Waals surface area contributed by atoms with Crippen molar-refractivity contribution in [2.75, 3.05) is 0 Å². The summed E-state index contributed by atoms with van der Waals surface area (Å²) in [5.74, 6) is 0.138. The minimum Gasteiger partial charge on any atom is -0.506 e. The second-order valence-corrected chi connectivity index (χ2v) is 5.26. The molecule has 0 radical (unpaired) electrons. The van der Waals surface area contributed by atoms with E-state index in [1.807, 2.05) is 6.07 Å². The van der Waals surface area contributed by atoms with E-state index in [2.05, 4.69) is 15.9 Å². The van der Waals surface area contributed by atoms with Crippen LogP contribution in [0, 0.1) is 0 Å². The molecule has 2 rings (SSSR count). The van der Waals surface area contributed by atoms with Crippen LogP contribution in [0.4, 0.5) is 0 Å². The number of hydrogen-bond acceptors (Lipinski definition) is 2. The third-order valence-corrected chi connectivity index (χ3v) is 3.46. The lowest BCUT2D eigenvalue weighted by Crippen LogP contribution is -1.66. The van der Waals surface area contributed by atoms with Crippen LogP contribution in [0.15, 0.2) is 22.0 Å². The maximum Gasteiger partial charge on any atom is 0.135 e. The third kappa shape index (κ3) is 1.32. The standard InChI is InChI=1S/C8H4BrClOS/c9-8-2-4-1-5(10)6(11)3-7(4)12-8/h1-3,11H. The summed E-state index contributed by atoms with van der Waals surface area (Å²) < 4.78 is 2.07. The Bertz CT molecular complexity index is 399. The molecule has 0 aliphatic carbocycles. The molecule has 0 saturated carbocycles. The second kappa shape index (κ2) is 2.91. The lowest BCUT2D eigenvalue weighted by Gasteiger charge is -1.94. The monoisotopic (exact) mass is 262 g/mol. The van der Waals surface area contributed by atoms with Crippen molar-refractivity contribution in [2.45, 2.75) is 0 Å². The molecule has 0 amide bonds. The van der Waals surface area contributed by atoms with E-state index in [0.29, 0.717) is 5.02 Å². The Morgan fingerprint density at radius 1 is 1.33 bits per heavy atom. The van der Waals surface area contributed by atoms with Gasteiger partial charge in [0.2, 0.25) is 0 Å². The first kappa shape index (κ1) is 8.35. The number of benzene rings is 1. The largest absolute Gasteiger partial charge is 0.506 e. The number of phenols is 1. The van der Waals surface area contributed by atoms with Crippen molar-refractivity contribution >= 4 is 49.0 Å². The van der Waals surface area contributed by atoms with Crippen LogP contribution >= 0.6 is 38.9 Å². The fraction of sp³-hybridized carbons (Fsp3) is 0. The second-order valence-electron chi connectivity index (χ2n) is 2.39. The number of thiophene rings is 1. The van der Waals surface area contributed by atoms with Crippen molar-refractivity contribution in [1.29, 1.82) is 0 Å². The van der Waals surface area contributed by atoms with Crippen LogP contribution in [-0.4, -0.2) is 5.11 Å². The zero-order chi connectivity index (χ0) is 8.72. The summed E-state index contributed by atoms with van der Waals surface area (Å²) in [5.41, 5.74) is 0. The highest BCUT2D eigenvalue weighted by Gasteiger charge is 2.04. The molecule has 0 fully saturated rings. The van der Waals surface area contributed by atoms with Crippen LogP contribution in [0.5, 0.6) is 5.75 Å². The molecule has 0 bridgehead atoms. The van der Waals surface area contributed by atoms with Gasteiger partial charge in [0.25, 0.3) is 0 Å². The van der Waals surface area contributed by atoms with Crippen LogP contribution in [0.1, 0.15) is 0 Å². The summed E-state index contributed by atoms with van der Waals surface area (Å²) in [4.78, 5) is 0. The molecule has 0 spiro atoms. The van der Waals surface area contributed by atoms with Crippen LogP contribution < -0.4 is 0 Å². The quantitative estimate of drug-likeness (QED) is 0.761. The molecule has 62 valence electrons. The van der Waals surface area contributed by atoms with Gasteiger partial charge in [-0.05, 0) is 39.5 Å². The van der Waals surface area contributed by atoms with Crippen LogP contribution in [-0.2, 0) is 0 Å². The minimum absolute atomic E-state index is 0.138. The molecule has 1 aromatic carbocycles. The van der Waals surface area contributed by atoms with Gasteiger partial charge in [-0.25, -0.2) is 0 Å². The lowest BCUT2D eigenvalue weighted by atomic mass is 10.2. The summed E-state index contributed by atoms with van der Waals surface area (Å²) in [6.45, 7) is 0. The third-order valence-electron chi connectivity index (χ3n) is 1.56. The van der Waals surface area contributed by atoms with E-state index in [0.717, 1.165) is 13.9 Å². The lowest BCUT2D eigenvalue weighted by molar-refractivity contribution is 0.476. The highest BCUT2D eigenvalue weighted by atomic mass is 79.9. The van der Waals surface area contributed by atoms with Gasteiger partial charge in [0.15, 0.2) is 0 Å². The number of hydrogen-bond donors (Lipinski definition) is 1. The van der Waals surface area contributed by atoms with Gasteiger partial charge in [-0.15, -0.1) is 11.3 Å². The topological polar surface area (TPSA) is 20.2 Å². The first-order valence-electron chi connectivity index (χ1n) is 3.24. The maximum absolute atomic E-state index is 9.29. The molecule has 1 nitrogen and oxygen atoms in total. The molecule has 12 heavy (non-hydrogen) atoms. The van der Waals surface area contributed by atoms with Gasteiger partial charge in [0.05, 0.1) is 8.81 Å². The Labute approximate surface area is 86.7 Å². The molecule has 1 heterocycles. The Kier molecular flexibility index (Phi) is 2.02. The molecule has 0 saturated heterocycles. The summed E-state index contributed by atoms with van der Waals surface area (Å²) >= 11 is 10.7. The first-order valence-corrected chi connectivity index (χ1v) is 5.23. The van der Waals surface area contributed by atoms with E-state index in [9.17, 15) is 5.11 Å². The molecule has 0 unspecified atom stereocenters. The normalized spacial score (nSPS) is 10.8. The van der Waals surface area contributed by atoms with Crippen molar-refractivity contribution in [3.8, 4) is 5.75 Å². The van der Waals surface area contributed by atoms with Crippen LogP contribution in [0.2, 0.25) is 5.02 Å². The predicted octanol–water partition coefficient (Wildman–Crippen LogP) is 4.02. The van der Waals surface area contributed by atoms with Crippen molar-refractivity contribution < 1.29 is 5.11 Å². The highest BCUT2D eigenvalue weighted by molar-refractivity contribution is 9.11. The van der Waals surface area contributed by atoms with E-state index in [1.165, 1.54) is 0 Å². The first-order chi connectivity index (χ1) is 5.66. The molecule has 4 heteroatoms. The molecular formula is C8H4BrClOS. The molecule has 1 N–H and O–H groups in total. The Balaban J connectivity index is 2.83. The smallest absolute Gasteiger partial charge is 0.135 e. The molecule has 0 aliphatic rings. The number of aromatic hydroxyl groups is 1. The maximum atomic E-state index is 9.29. The Morgan fingerprint density at radius 3 is 2.83 bits per heavy atom. The zero-order valence-electron chi connectivity index (χ0n) is 5.84. The summed E-state index contributed by atoms with van der Waals surface area (Å²) in [6, 6.07) is 5.41.